The fourth-order valence-electron chi connectivity index (χ4n) is 5.23. The predicted molar refractivity (Wildman–Crippen MR) is 111 cm³/mol. The molecule has 28 heavy (non-hydrogen) atoms. The van der Waals surface area contributed by atoms with Gasteiger partial charge < -0.3 is 4.90 Å². The number of hydrogen-bond donors (Lipinski definition) is 0. The third kappa shape index (κ3) is 4.11. The smallest absolute Gasteiger partial charge is 0.281 e. The van der Waals surface area contributed by atoms with Crippen LogP contribution in [0.4, 0.5) is 0 Å². The summed E-state index contributed by atoms with van der Waals surface area (Å²) >= 11 is 0. The van der Waals surface area contributed by atoms with Gasteiger partial charge in [0.05, 0.1) is 0 Å². The van der Waals surface area contributed by atoms with Crippen LogP contribution in [-0.2, 0) is 16.8 Å². The lowest BCUT2D eigenvalue weighted by molar-refractivity contribution is 0.0708. The molecule has 6 nitrogen and oxygen atoms in total. The molecule has 1 aliphatic heterocycles. The molecule has 0 N–H and O–H groups in total. The van der Waals surface area contributed by atoms with E-state index in [1.54, 1.807) is 7.05 Å². The van der Waals surface area contributed by atoms with Gasteiger partial charge in [0.1, 0.15) is 0 Å². The Labute approximate surface area is 169 Å². The molecule has 1 heterocycles. The molecule has 156 valence electrons. The maximum atomic E-state index is 13.1. The van der Waals surface area contributed by atoms with Crippen molar-refractivity contribution in [3.05, 3.63) is 35.4 Å². The van der Waals surface area contributed by atoms with Gasteiger partial charge in [0.25, 0.3) is 16.1 Å². The van der Waals surface area contributed by atoms with Gasteiger partial charge in [0, 0.05) is 45.8 Å². The van der Waals surface area contributed by atoms with E-state index in [-0.39, 0.29) is 23.3 Å². The van der Waals surface area contributed by atoms with Crippen molar-refractivity contribution >= 4 is 16.1 Å². The number of likely N-dealkylation sites (tertiary alicyclic amines) is 1. The van der Waals surface area contributed by atoms with Crippen molar-refractivity contribution in [1.82, 2.24) is 13.5 Å². The highest BCUT2D eigenvalue weighted by Crippen LogP contribution is 2.52. The van der Waals surface area contributed by atoms with Gasteiger partial charge in [0.15, 0.2) is 0 Å². The second-order valence-electron chi connectivity index (χ2n) is 9.89. The SMILES string of the molecule is CN(C)S(=O)(=O)N(C)Cc1ccc(C(=O)N2CC3(C)CC2CC(C)(C)C3)cc1. The fraction of sp³-hybridized carbons (Fsp3) is 0.667. The van der Waals surface area contributed by atoms with Crippen molar-refractivity contribution in [2.24, 2.45) is 10.8 Å². The molecule has 0 aromatic heterocycles. The molecule has 1 aromatic carbocycles. The molecule has 3 rings (SSSR count). The molecule has 2 fully saturated rings. The number of fused-ring (bicyclic) bond motifs is 2. The Balaban J connectivity index is 1.71. The molecule has 2 unspecified atom stereocenters. The number of carbonyl (C=O) groups excluding carboxylic acids is 1. The van der Waals surface area contributed by atoms with Crippen molar-refractivity contribution in [2.45, 2.75) is 52.6 Å². The highest BCUT2D eigenvalue weighted by atomic mass is 32.2. The lowest BCUT2D eigenvalue weighted by atomic mass is 9.65. The molecular formula is C21H33N3O3S. The minimum Gasteiger partial charge on any atom is -0.335 e. The summed E-state index contributed by atoms with van der Waals surface area (Å²) < 4.78 is 26.8. The van der Waals surface area contributed by atoms with Crippen LogP contribution >= 0.6 is 0 Å². The van der Waals surface area contributed by atoms with Crippen LogP contribution in [0.5, 0.6) is 0 Å². The molecule has 0 spiro atoms. The number of amides is 1. The van der Waals surface area contributed by atoms with Crippen molar-refractivity contribution < 1.29 is 13.2 Å². The second-order valence-corrected chi connectivity index (χ2v) is 12.1. The first-order valence-corrected chi connectivity index (χ1v) is 11.3. The third-order valence-corrected chi connectivity index (χ3v) is 7.98. The van der Waals surface area contributed by atoms with Gasteiger partial charge in [-0.15, -0.1) is 0 Å². The first-order chi connectivity index (χ1) is 12.8. The zero-order valence-corrected chi connectivity index (χ0v) is 18.7. The van der Waals surface area contributed by atoms with Gasteiger partial charge in [0.2, 0.25) is 0 Å². The summed E-state index contributed by atoms with van der Waals surface area (Å²) in [5.74, 6) is 0.0900. The van der Waals surface area contributed by atoms with Gasteiger partial charge >= 0.3 is 0 Å². The molecular weight excluding hydrogens is 374 g/mol. The zero-order chi connectivity index (χ0) is 20.9. The Hall–Kier alpha value is -1.44. The van der Waals surface area contributed by atoms with E-state index in [2.05, 4.69) is 25.7 Å². The van der Waals surface area contributed by atoms with Crippen LogP contribution in [0.2, 0.25) is 0 Å². The lowest BCUT2D eigenvalue weighted by Crippen LogP contribution is -2.37. The Kier molecular flexibility index (Phi) is 5.40. The van der Waals surface area contributed by atoms with Crippen LogP contribution in [0.1, 0.15) is 56.0 Å². The van der Waals surface area contributed by atoms with Gasteiger partial charge in [-0.1, -0.05) is 32.9 Å². The van der Waals surface area contributed by atoms with Gasteiger partial charge in [-0.2, -0.15) is 17.0 Å². The average molecular weight is 408 g/mol. The number of benzene rings is 1. The summed E-state index contributed by atoms with van der Waals surface area (Å²) in [6, 6.07) is 7.66. The maximum absolute atomic E-state index is 13.1. The summed E-state index contributed by atoms with van der Waals surface area (Å²) in [7, 11) is 1.14. The zero-order valence-electron chi connectivity index (χ0n) is 17.9. The summed E-state index contributed by atoms with van der Waals surface area (Å²) in [5.41, 5.74) is 2.03. The van der Waals surface area contributed by atoms with E-state index in [9.17, 15) is 13.2 Å². The van der Waals surface area contributed by atoms with E-state index in [1.165, 1.54) is 22.7 Å². The topological polar surface area (TPSA) is 60.9 Å². The molecule has 2 atom stereocenters. The number of rotatable bonds is 5. The van der Waals surface area contributed by atoms with Crippen LogP contribution in [0, 0.1) is 10.8 Å². The summed E-state index contributed by atoms with van der Waals surface area (Å²) in [4.78, 5) is 15.2. The second kappa shape index (κ2) is 7.11. The number of carbonyl (C=O) groups is 1. The Morgan fingerprint density at radius 1 is 1.11 bits per heavy atom. The van der Waals surface area contributed by atoms with Crippen LogP contribution in [-0.4, -0.2) is 61.6 Å². The Morgan fingerprint density at radius 2 is 1.71 bits per heavy atom. The van der Waals surface area contributed by atoms with Gasteiger partial charge in [-0.05, 0) is 47.8 Å². The predicted octanol–water partition coefficient (Wildman–Crippen LogP) is 2.97. The van der Waals surface area contributed by atoms with Crippen molar-refractivity contribution in [3.8, 4) is 0 Å². The van der Waals surface area contributed by atoms with E-state index in [1.807, 2.05) is 24.3 Å². The molecule has 2 aliphatic rings. The average Bonchev–Trinajstić information content (AvgIpc) is 2.83. The largest absolute Gasteiger partial charge is 0.335 e. The minimum atomic E-state index is -3.45. The lowest BCUT2D eigenvalue weighted by Gasteiger charge is -2.39. The third-order valence-electron chi connectivity index (χ3n) is 6.14. The molecule has 1 aliphatic carbocycles. The van der Waals surface area contributed by atoms with E-state index in [0.29, 0.717) is 11.6 Å². The Morgan fingerprint density at radius 3 is 2.29 bits per heavy atom. The van der Waals surface area contributed by atoms with E-state index in [0.717, 1.165) is 31.4 Å². The quantitative estimate of drug-likeness (QED) is 0.754. The van der Waals surface area contributed by atoms with E-state index in [4.69, 9.17) is 0 Å². The highest BCUT2D eigenvalue weighted by molar-refractivity contribution is 7.86. The molecule has 7 heteroatoms. The van der Waals surface area contributed by atoms with Crippen LogP contribution in [0.15, 0.2) is 24.3 Å². The normalized spacial score (nSPS) is 26.9. The monoisotopic (exact) mass is 407 g/mol. The first kappa shape index (κ1) is 21.3. The molecule has 1 amide bonds. The molecule has 1 aromatic rings. The van der Waals surface area contributed by atoms with Crippen LogP contribution in [0.25, 0.3) is 0 Å². The molecule has 1 saturated carbocycles. The summed E-state index contributed by atoms with van der Waals surface area (Å²) in [6.07, 6.45) is 3.30. The standard InChI is InChI=1S/C21H33N3O3S/c1-20(2)11-18-12-21(3,14-20)15-24(18)19(25)17-9-7-16(8-10-17)13-23(6)28(26,27)22(4)5/h7-10,18H,11-15H2,1-6H3. The van der Waals surface area contributed by atoms with E-state index < -0.39 is 10.2 Å². The first-order valence-electron chi connectivity index (χ1n) is 9.87. The van der Waals surface area contributed by atoms with Crippen molar-refractivity contribution in [2.75, 3.05) is 27.7 Å². The van der Waals surface area contributed by atoms with Crippen molar-refractivity contribution in [1.29, 1.82) is 0 Å². The highest BCUT2D eigenvalue weighted by Gasteiger charge is 2.50. The van der Waals surface area contributed by atoms with E-state index >= 15 is 0 Å². The van der Waals surface area contributed by atoms with Gasteiger partial charge in [-0.25, -0.2) is 0 Å². The minimum absolute atomic E-state index is 0.0900. The van der Waals surface area contributed by atoms with Crippen molar-refractivity contribution in [3.63, 3.8) is 0 Å². The Bertz CT molecular complexity index is 848. The van der Waals surface area contributed by atoms with Crippen LogP contribution in [0.3, 0.4) is 0 Å². The van der Waals surface area contributed by atoms with Crippen LogP contribution < -0.4 is 0 Å². The number of nitrogens with zero attached hydrogens (tertiary/aromatic N) is 3. The van der Waals surface area contributed by atoms with Gasteiger partial charge in [-0.3, -0.25) is 4.79 Å². The molecule has 2 bridgehead atoms. The fourth-order valence-corrected chi connectivity index (χ4v) is 6.10. The summed E-state index contributed by atoms with van der Waals surface area (Å²) in [5, 5.41) is 0. The molecule has 0 radical (unpaired) electrons. The summed E-state index contributed by atoms with van der Waals surface area (Å²) in [6.45, 7) is 8.01. The molecule has 1 saturated heterocycles. The maximum Gasteiger partial charge on any atom is 0.281 e. The number of hydrogen-bond acceptors (Lipinski definition) is 3.